The van der Waals surface area contributed by atoms with Crippen molar-refractivity contribution in [3.05, 3.63) is 243 Å². The van der Waals surface area contributed by atoms with Crippen molar-refractivity contribution in [1.82, 2.24) is 19.9 Å². The van der Waals surface area contributed by atoms with E-state index in [1.165, 1.54) is 219 Å². The fraction of sp³-hybridized carbons (Fsp3) is 0.323. The molecule has 132 heavy (non-hydrogen) atoms. The van der Waals surface area contributed by atoms with Gasteiger partial charge in [-0.3, -0.25) is 0 Å². The smallest absolute Gasteiger partial charge is 0.119 e. The highest BCUT2D eigenvalue weighted by molar-refractivity contribution is 6.47. The Morgan fingerprint density at radius 1 is 0.182 bits per heavy atom. The maximum absolute atomic E-state index is 6.86. The van der Waals surface area contributed by atoms with Crippen LogP contribution >= 0.6 is 0 Å². The maximum atomic E-state index is 6.86. The molecule has 0 aliphatic carbocycles. The molecule has 17 aromatic carbocycles. The number of unbranched alkanes of at least 4 members (excludes halogenated alkanes) is 28. The van der Waals surface area contributed by atoms with Crippen LogP contribution in [-0.2, 0) is 0 Å². The summed E-state index contributed by atoms with van der Waals surface area (Å²) in [5.41, 5.74) is 15.6. The van der Waals surface area contributed by atoms with Crippen LogP contribution in [0.5, 0.6) is 23.0 Å². The Morgan fingerprint density at radius 2 is 0.356 bits per heavy atom. The van der Waals surface area contributed by atoms with Crippen molar-refractivity contribution in [3.8, 4) is 67.5 Å². The Kier molecular flexibility index (Phi) is 25.8. The van der Waals surface area contributed by atoms with Gasteiger partial charge in [0, 0.05) is 65.3 Å². The van der Waals surface area contributed by atoms with Crippen LogP contribution in [-0.4, -0.2) is 46.4 Å². The fourth-order valence-electron chi connectivity index (χ4n) is 22.7. The molecular formula is C124H126N4O4. The third-order valence-electron chi connectivity index (χ3n) is 29.3. The lowest BCUT2D eigenvalue weighted by Gasteiger charge is -2.10. The van der Waals surface area contributed by atoms with Crippen molar-refractivity contribution in [2.24, 2.45) is 0 Å². The quantitative estimate of drug-likeness (QED) is 0.0370. The average molecular weight is 1740 g/mol. The van der Waals surface area contributed by atoms with Crippen molar-refractivity contribution in [3.63, 3.8) is 0 Å². The van der Waals surface area contributed by atoms with E-state index in [9.17, 15) is 0 Å². The molecule has 8 heteroatoms. The summed E-state index contributed by atoms with van der Waals surface area (Å²) in [6, 6.07) is 92.0. The highest BCUT2D eigenvalue weighted by Gasteiger charge is 2.32. The second-order valence-corrected chi connectivity index (χ2v) is 38.1. The Bertz CT molecular complexity index is 6490. The second-order valence-electron chi connectivity index (χ2n) is 38.1. The van der Waals surface area contributed by atoms with Gasteiger partial charge in [-0.1, -0.05) is 402 Å². The molecule has 8 nitrogen and oxygen atoms in total. The number of hydrogen-bond acceptors (Lipinski definition) is 6. The summed E-state index contributed by atoms with van der Waals surface area (Å²) in [5.74, 6) is 3.43. The van der Waals surface area contributed by atoms with Crippen LogP contribution in [0.3, 0.4) is 0 Å². The van der Waals surface area contributed by atoms with Gasteiger partial charge in [0.2, 0.25) is 0 Å². The van der Waals surface area contributed by atoms with Crippen LogP contribution < -0.4 is 18.9 Å². The highest BCUT2D eigenvalue weighted by Crippen LogP contribution is 2.57. The first-order valence-corrected chi connectivity index (χ1v) is 50.9. The zero-order valence-electron chi connectivity index (χ0n) is 78.1. The molecule has 0 radical (unpaired) electrons. The third-order valence-corrected chi connectivity index (χ3v) is 29.3. The minimum Gasteiger partial charge on any atom is -0.494 e. The van der Waals surface area contributed by atoms with Gasteiger partial charge in [0.1, 0.15) is 23.0 Å². The minimum atomic E-state index is 0.657. The van der Waals surface area contributed by atoms with Crippen molar-refractivity contribution >= 4 is 173 Å². The minimum absolute atomic E-state index is 0.657. The first kappa shape index (κ1) is 86.2. The molecule has 0 atom stereocenters. The lowest BCUT2D eigenvalue weighted by molar-refractivity contribution is 0.304. The zero-order chi connectivity index (χ0) is 88.8. The Hall–Kier alpha value is -12.5. The van der Waals surface area contributed by atoms with Crippen molar-refractivity contribution in [1.29, 1.82) is 0 Å². The molecule has 0 fully saturated rings. The van der Waals surface area contributed by atoms with Gasteiger partial charge < -0.3 is 28.9 Å². The van der Waals surface area contributed by atoms with Crippen molar-refractivity contribution in [2.45, 2.75) is 233 Å². The molecule has 0 aliphatic rings. The standard InChI is InChI=1S/C124H126N4O4/c1-5-9-13-17-21-25-29-33-77-129-89-69-61-85(62-70-89)105-117-109-93-53-37-45-81-47-39-55-95(101(81)93)111(109)119(125-117)106(86-63-71-90(72-64-86)130-78-34-30-26-22-18-14-10-6-2)121-113-97-57-41-49-83-51-43-59-99(103(83)97)115(113)123(127-121)108(88-67-75-92(76-68-88)132-80-36-32-28-24-20-16-12-8-4)124-116-100-60-44-52-84-50-42-58-98(104(84)100)114(116)122(128-124)107(87-65-73-91(74-66-87)131-79-35-31-27-23-19-15-11-7-3)120-112-96-56-40-48-82-46-38-54-94(102(82)96)110(112)118(105)126-120/h37-76,125,128H,5-36,77-80H2,1-4H3. The number of rotatable bonds is 44. The number of ether oxygens (including phenoxy) is 4. The maximum Gasteiger partial charge on any atom is 0.119 e. The molecule has 0 amide bonds. The Balaban J connectivity index is 0.916. The molecule has 0 aliphatic heterocycles. The summed E-state index contributed by atoms with van der Waals surface area (Å²) in [7, 11) is 0. The summed E-state index contributed by atoms with van der Waals surface area (Å²) in [4.78, 5) is 22.6. The number of H-pyrrole nitrogens is 2. The highest BCUT2D eigenvalue weighted by atomic mass is 16.5. The van der Waals surface area contributed by atoms with Gasteiger partial charge in [0.25, 0.3) is 0 Å². The van der Waals surface area contributed by atoms with E-state index in [1.807, 2.05) is 0 Å². The van der Waals surface area contributed by atoms with Gasteiger partial charge in [0.15, 0.2) is 0 Å². The van der Waals surface area contributed by atoms with Gasteiger partial charge in [-0.15, -0.1) is 0 Å². The van der Waals surface area contributed by atoms with Gasteiger partial charge >= 0.3 is 0 Å². The average Bonchev–Trinajstić information content (AvgIpc) is 1.51. The fourth-order valence-corrected chi connectivity index (χ4v) is 22.7. The molecule has 0 saturated carbocycles. The summed E-state index contributed by atoms with van der Waals surface area (Å²) < 4.78 is 27.4. The molecule has 2 N–H and O–H groups in total. The van der Waals surface area contributed by atoms with Crippen LogP contribution in [0.4, 0.5) is 0 Å². The Labute approximate surface area is 776 Å². The SMILES string of the molecule is CCCCCCCCCCOc1ccc(-c2c3nc(c(-c4ccc(OCCCCCCCCCC)cc4)c4[nH]c(c(-c5ccc(OCCCCCCCCCC)cc5)c5nc(c(-c6ccc(OCCCCCCCCCC)cc6)c6[nH]c2c2c7cccc8cccc(c87)c62)c2c6cccc7cccc(c76)c52)c2c5cccc6cccc(c65)c42)c2c4cccc5cccc(c54)c32)cc1. The van der Waals surface area contributed by atoms with Crippen LogP contribution in [0.25, 0.3) is 218 Å². The van der Waals surface area contributed by atoms with Crippen LogP contribution in [0.15, 0.2) is 243 Å². The first-order chi connectivity index (χ1) is 65.5. The lowest BCUT2D eigenvalue weighted by atomic mass is 9.99. The topological polar surface area (TPSA) is 94.3 Å². The molecule has 0 spiro atoms. The number of aromatic nitrogens is 4. The van der Waals surface area contributed by atoms with E-state index in [4.69, 9.17) is 28.9 Å². The van der Waals surface area contributed by atoms with E-state index in [-0.39, 0.29) is 0 Å². The Morgan fingerprint density at radius 3 is 0.545 bits per heavy atom. The molecule has 21 rings (SSSR count). The van der Waals surface area contributed by atoms with Gasteiger partial charge in [-0.05, 0) is 183 Å². The monoisotopic (exact) mass is 1730 g/mol. The molecule has 0 saturated heterocycles. The molecule has 666 valence electrons. The van der Waals surface area contributed by atoms with E-state index in [0.717, 1.165) is 228 Å². The molecule has 4 heterocycles. The second kappa shape index (κ2) is 39.5. The van der Waals surface area contributed by atoms with E-state index < -0.39 is 0 Å². The molecule has 21 aromatic rings. The van der Waals surface area contributed by atoms with Crippen molar-refractivity contribution in [2.75, 3.05) is 26.4 Å². The van der Waals surface area contributed by atoms with E-state index in [0.29, 0.717) is 26.4 Å². The molecule has 8 bridgehead atoms. The normalized spacial score (nSPS) is 12.3. The number of nitrogens with one attached hydrogen (secondary N) is 2. The van der Waals surface area contributed by atoms with Gasteiger partial charge in [-0.2, -0.15) is 0 Å². The number of benzene rings is 12. The van der Waals surface area contributed by atoms with Crippen molar-refractivity contribution < 1.29 is 18.9 Å². The van der Waals surface area contributed by atoms with Gasteiger partial charge in [-0.25, -0.2) is 9.97 Å². The summed E-state index contributed by atoms with van der Waals surface area (Å²) in [5, 5.41) is 28.0. The lowest BCUT2D eigenvalue weighted by Crippen LogP contribution is -1.97. The predicted octanol–water partition coefficient (Wildman–Crippen LogP) is 37.2. The number of hydrogen-bond donors (Lipinski definition) is 2. The summed E-state index contributed by atoms with van der Waals surface area (Å²) >= 11 is 0. The summed E-state index contributed by atoms with van der Waals surface area (Å²) in [6.07, 6.45) is 39.5. The van der Waals surface area contributed by atoms with E-state index >= 15 is 0 Å². The third kappa shape index (κ3) is 16.4. The first-order valence-electron chi connectivity index (χ1n) is 50.9. The van der Waals surface area contributed by atoms with Crippen LogP contribution in [0.1, 0.15) is 233 Å². The number of nitrogens with zero attached hydrogens (tertiary/aromatic N) is 2. The van der Waals surface area contributed by atoms with E-state index in [1.54, 1.807) is 0 Å². The predicted molar refractivity (Wildman–Crippen MR) is 567 cm³/mol. The summed E-state index contributed by atoms with van der Waals surface area (Å²) in [6.45, 7) is 11.8. The van der Waals surface area contributed by atoms with Crippen LogP contribution in [0.2, 0.25) is 0 Å². The number of aromatic amines is 2. The molecule has 0 unspecified atom stereocenters. The van der Waals surface area contributed by atoms with E-state index in [2.05, 4.69) is 280 Å². The largest absolute Gasteiger partial charge is 0.494 e. The molecule has 4 aromatic heterocycles. The van der Waals surface area contributed by atoms with Gasteiger partial charge in [0.05, 0.1) is 70.6 Å². The molecular weight excluding hydrogens is 1610 g/mol. The zero-order valence-corrected chi connectivity index (χ0v) is 78.1. The van der Waals surface area contributed by atoms with Crippen LogP contribution in [0, 0.1) is 0 Å².